The van der Waals surface area contributed by atoms with Crippen molar-refractivity contribution in [3.05, 3.63) is 59.7 Å². The van der Waals surface area contributed by atoms with E-state index in [4.69, 9.17) is 0 Å². The van der Waals surface area contributed by atoms with Crippen LogP contribution in [0.2, 0.25) is 0 Å². The maximum atomic E-state index is 11.0. The largest absolute Gasteiger partial charge is 0.545 e. The summed E-state index contributed by atoms with van der Waals surface area (Å²) in [4.78, 5) is 23.0. The van der Waals surface area contributed by atoms with Gasteiger partial charge in [-0.3, -0.25) is 0 Å². The Bertz CT molecular complexity index is 747. The molecule has 0 aliphatic rings. The van der Waals surface area contributed by atoms with Gasteiger partial charge in [0.15, 0.2) is 0 Å². The van der Waals surface area contributed by atoms with Crippen molar-refractivity contribution in [2.24, 2.45) is 0 Å². The number of benzene rings is 2. The number of quaternary nitrogens is 2. The minimum atomic E-state index is -1.26. The van der Waals surface area contributed by atoms with Crippen LogP contribution in [0.15, 0.2) is 58.3 Å². The lowest BCUT2D eigenvalue weighted by Gasteiger charge is -2.14. The Morgan fingerprint density at radius 2 is 0.833 bits per heavy atom. The van der Waals surface area contributed by atoms with Crippen LogP contribution in [0.3, 0.4) is 0 Å². The van der Waals surface area contributed by atoms with Crippen LogP contribution in [0.25, 0.3) is 0 Å². The minimum Gasteiger partial charge on any atom is -0.545 e. The zero-order valence-corrected chi connectivity index (χ0v) is 20.6. The Morgan fingerprint density at radius 1 is 0.600 bits per heavy atom. The molecule has 2 rings (SSSR count). The van der Waals surface area contributed by atoms with E-state index in [1.807, 2.05) is 0 Å². The van der Waals surface area contributed by atoms with E-state index in [9.17, 15) is 19.8 Å². The first-order chi connectivity index (χ1) is 13.6. The smallest absolute Gasteiger partial charge is 0.0726 e. The number of nitrogens with zero attached hydrogens (tertiary/aromatic N) is 2. The third-order valence-corrected chi connectivity index (χ3v) is 4.92. The number of hydrogen-bond donors (Lipinski definition) is 0. The van der Waals surface area contributed by atoms with Crippen LogP contribution in [0.4, 0.5) is 0 Å². The van der Waals surface area contributed by atoms with Gasteiger partial charge in [0.25, 0.3) is 0 Å². The summed E-state index contributed by atoms with van der Waals surface area (Å²) >= 11 is 0. The molecule has 0 saturated carbocycles. The van der Waals surface area contributed by atoms with E-state index in [1.54, 1.807) is 36.4 Å². The second kappa shape index (κ2) is 12.6. The third kappa shape index (κ3) is 14.9. The van der Waals surface area contributed by atoms with E-state index in [2.05, 4.69) is 56.4 Å². The van der Waals surface area contributed by atoms with Crippen molar-refractivity contribution >= 4 is 33.5 Å². The molecule has 0 atom stereocenters. The Hall–Kier alpha value is -2.00. The molecule has 6 nitrogen and oxygen atoms in total. The fraction of sp³-hybridized carbons (Fsp3) is 0.364. The predicted octanol–water partition coefficient (Wildman–Crippen LogP) is 1.86. The maximum absolute atomic E-state index is 11.0. The van der Waals surface area contributed by atoms with E-state index in [0.29, 0.717) is 9.79 Å². The van der Waals surface area contributed by atoms with Gasteiger partial charge in [0.05, 0.1) is 68.3 Å². The average Bonchev–Trinajstić information content (AvgIpc) is 2.57. The first-order valence-electron chi connectivity index (χ1n) is 9.12. The second-order valence-electron chi connectivity index (χ2n) is 9.10. The molecular formula is C22H32N2O4S2. The Balaban J connectivity index is 0.000000702. The highest BCUT2D eigenvalue weighted by molar-refractivity contribution is 8.76. The molecule has 166 valence electrons. The van der Waals surface area contributed by atoms with Gasteiger partial charge >= 0.3 is 0 Å². The molecule has 0 bridgehead atoms. The van der Waals surface area contributed by atoms with E-state index in [-0.39, 0.29) is 11.1 Å². The molecule has 0 spiro atoms. The first kappa shape index (κ1) is 28.0. The standard InChI is InChI=1S/C14H10O4S2.2C4H12N/c15-13(16)9-5-1-3-7-11(9)19-20-12-8-4-2-6-10(12)14(17)18;2*1-5(2,3)4/h1-8H,(H,15,16)(H,17,18);2*1-4H3/q;2*+1/p-2. The van der Waals surface area contributed by atoms with E-state index < -0.39 is 11.9 Å². The molecular weight excluding hydrogens is 420 g/mol. The number of carboxylic acids is 2. The number of hydrogen-bond acceptors (Lipinski definition) is 6. The normalized spacial score (nSPS) is 10.8. The molecule has 0 amide bonds. The fourth-order valence-electron chi connectivity index (χ4n) is 1.51. The lowest BCUT2D eigenvalue weighted by Crippen LogP contribution is -2.27. The Morgan fingerprint density at radius 3 is 1.07 bits per heavy atom. The van der Waals surface area contributed by atoms with Crippen molar-refractivity contribution < 1.29 is 28.8 Å². The second-order valence-corrected chi connectivity index (χ2v) is 11.3. The fourth-order valence-corrected chi connectivity index (χ4v) is 3.85. The highest BCUT2D eigenvalue weighted by Gasteiger charge is 2.07. The summed E-state index contributed by atoms with van der Waals surface area (Å²) in [6, 6.07) is 12.8. The average molecular weight is 453 g/mol. The van der Waals surface area contributed by atoms with E-state index in [0.717, 1.165) is 30.6 Å². The topological polar surface area (TPSA) is 80.3 Å². The molecule has 0 N–H and O–H groups in total. The number of carbonyl (C=O) groups excluding carboxylic acids is 2. The summed E-state index contributed by atoms with van der Waals surface area (Å²) in [7, 11) is 19.3. The van der Waals surface area contributed by atoms with E-state index >= 15 is 0 Å². The minimum absolute atomic E-state index is 0.0796. The lowest BCUT2D eigenvalue weighted by atomic mass is 10.2. The summed E-state index contributed by atoms with van der Waals surface area (Å²) < 4.78 is 2.00. The first-order valence-corrected chi connectivity index (χ1v) is 11.3. The van der Waals surface area contributed by atoms with Crippen molar-refractivity contribution in [3.8, 4) is 0 Å². The van der Waals surface area contributed by atoms with Gasteiger partial charge in [0.1, 0.15) is 0 Å². The third-order valence-electron chi connectivity index (χ3n) is 2.44. The van der Waals surface area contributed by atoms with Crippen molar-refractivity contribution in [2.75, 3.05) is 56.4 Å². The molecule has 2 aromatic carbocycles. The van der Waals surface area contributed by atoms with Gasteiger partial charge in [-0.15, -0.1) is 0 Å². The summed E-state index contributed by atoms with van der Waals surface area (Å²) in [5.74, 6) is -2.52. The van der Waals surface area contributed by atoms with Crippen molar-refractivity contribution in [3.63, 3.8) is 0 Å². The number of aromatic carboxylic acids is 2. The Kier molecular flexibility index (Phi) is 11.8. The molecule has 0 aliphatic heterocycles. The van der Waals surface area contributed by atoms with Gasteiger partial charge in [-0.05, 0) is 12.1 Å². The highest BCUT2D eigenvalue weighted by atomic mass is 33.1. The van der Waals surface area contributed by atoms with Crippen LogP contribution in [0.1, 0.15) is 20.7 Å². The molecule has 0 saturated heterocycles. The van der Waals surface area contributed by atoms with Crippen molar-refractivity contribution in [2.45, 2.75) is 9.79 Å². The van der Waals surface area contributed by atoms with E-state index in [1.165, 1.54) is 12.1 Å². The molecule has 0 aliphatic carbocycles. The highest BCUT2D eigenvalue weighted by Crippen LogP contribution is 2.40. The molecule has 0 unspecified atom stereocenters. The van der Waals surface area contributed by atoms with Crippen LogP contribution in [0, 0.1) is 0 Å². The molecule has 0 aromatic heterocycles. The zero-order valence-electron chi connectivity index (χ0n) is 19.0. The quantitative estimate of drug-likeness (QED) is 0.509. The molecule has 0 fully saturated rings. The van der Waals surface area contributed by atoms with Gasteiger partial charge in [-0.2, -0.15) is 0 Å². The number of carbonyl (C=O) groups is 2. The van der Waals surface area contributed by atoms with Gasteiger partial charge < -0.3 is 28.8 Å². The summed E-state index contributed by atoms with van der Waals surface area (Å²) in [6.07, 6.45) is 0. The molecule has 0 radical (unpaired) electrons. The molecule has 8 heteroatoms. The predicted molar refractivity (Wildman–Crippen MR) is 121 cm³/mol. The van der Waals surface area contributed by atoms with Crippen LogP contribution in [0.5, 0.6) is 0 Å². The monoisotopic (exact) mass is 452 g/mol. The van der Waals surface area contributed by atoms with Crippen LogP contribution in [-0.4, -0.2) is 77.3 Å². The maximum Gasteiger partial charge on any atom is 0.0726 e. The van der Waals surface area contributed by atoms with Gasteiger partial charge in [-0.25, -0.2) is 0 Å². The van der Waals surface area contributed by atoms with Crippen molar-refractivity contribution in [1.82, 2.24) is 0 Å². The Labute approximate surface area is 188 Å². The number of rotatable bonds is 5. The molecule has 30 heavy (non-hydrogen) atoms. The van der Waals surface area contributed by atoms with Gasteiger partial charge in [-0.1, -0.05) is 58.0 Å². The summed E-state index contributed by atoms with van der Waals surface area (Å²) in [5, 5.41) is 21.9. The van der Waals surface area contributed by atoms with Gasteiger partial charge in [0.2, 0.25) is 0 Å². The van der Waals surface area contributed by atoms with Crippen LogP contribution in [-0.2, 0) is 0 Å². The molecule has 0 heterocycles. The van der Waals surface area contributed by atoms with Gasteiger partial charge in [0, 0.05) is 20.9 Å². The number of carboxylic acid groups (broad SMARTS) is 2. The zero-order chi connectivity index (χ0) is 23.5. The lowest BCUT2D eigenvalue weighted by molar-refractivity contribution is -0.849. The molecule has 2 aromatic rings. The van der Waals surface area contributed by atoms with Crippen LogP contribution >= 0.6 is 21.6 Å². The summed E-state index contributed by atoms with van der Waals surface area (Å²) in [6.45, 7) is 0. The van der Waals surface area contributed by atoms with Crippen molar-refractivity contribution in [1.29, 1.82) is 0 Å². The summed E-state index contributed by atoms with van der Waals surface area (Å²) in [5.41, 5.74) is 0.159. The van der Waals surface area contributed by atoms with Crippen LogP contribution < -0.4 is 10.2 Å². The SMILES string of the molecule is C[N+](C)(C)C.C[N+](C)(C)C.O=C([O-])c1ccccc1SSc1ccccc1C(=O)[O-].